The lowest BCUT2D eigenvalue weighted by molar-refractivity contribution is 0.864. The molecule has 0 bridgehead atoms. The SMILES string of the molecule is Cc1cc(C)n(C2=N[N]C=C2)n1. The lowest BCUT2D eigenvalue weighted by Gasteiger charge is -1.98. The van der Waals surface area contributed by atoms with Crippen LogP contribution < -0.4 is 5.43 Å². The van der Waals surface area contributed by atoms with Gasteiger partial charge in [0.15, 0.2) is 5.84 Å². The van der Waals surface area contributed by atoms with Crippen molar-refractivity contribution in [3.8, 4) is 0 Å². The van der Waals surface area contributed by atoms with Crippen LogP contribution in [0, 0.1) is 13.8 Å². The molecule has 0 spiro atoms. The number of aromatic nitrogens is 2. The van der Waals surface area contributed by atoms with Gasteiger partial charge in [-0.05, 0) is 19.9 Å². The van der Waals surface area contributed by atoms with Crippen LogP contribution in [0.15, 0.2) is 23.4 Å². The maximum absolute atomic E-state index is 4.27. The standard InChI is InChI=1S/C8H9N4/c1-6-5-7(2)12(11-6)8-3-4-9-10-8/h3-5H,1-2H3. The zero-order valence-corrected chi connectivity index (χ0v) is 7.02. The molecular formula is C8H9N4. The van der Waals surface area contributed by atoms with E-state index >= 15 is 0 Å². The fourth-order valence-corrected chi connectivity index (χ4v) is 1.20. The summed E-state index contributed by atoms with van der Waals surface area (Å²) in [6, 6.07) is 2.01. The summed E-state index contributed by atoms with van der Waals surface area (Å²) in [5, 5.41) is 8.18. The highest BCUT2D eigenvalue weighted by atomic mass is 15.4. The normalized spacial score (nSPS) is 14.7. The molecule has 1 aliphatic heterocycles. The third-order valence-corrected chi connectivity index (χ3v) is 1.68. The third kappa shape index (κ3) is 1.01. The topological polar surface area (TPSA) is 44.3 Å². The van der Waals surface area contributed by atoms with Crippen molar-refractivity contribution in [2.75, 3.05) is 0 Å². The van der Waals surface area contributed by atoms with Gasteiger partial charge >= 0.3 is 0 Å². The van der Waals surface area contributed by atoms with Crippen molar-refractivity contribution in [2.24, 2.45) is 5.10 Å². The zero-order valence-electron chi connectivity index (χ0n) is 7.02. The molecule has 4 heteroatoms. The fraction of sp³-hybridized carbons (Fsp3) is 0.250. The van der Waals surface area contributed by atoms with E-state index < -0.39 is 0 Å². The van der Waals surface area contributed by atoms with E-state index in [1.165, 1.54) is 0 Å². The Bertz CT molecular complexity index is 359. The Hall–Kier alpha value is -1.58. The molecule has 0 aliphatic carbocycles. The summed E-state index contributed by atoms with van der Waals surface area (Å²) in [5.74, 6) is 0.778. The van der Waals surface area contributed by atoms with Crippen LogP contribution in [0.3, 0.4) is 0 Å². The Balaban J connectivity index is 2.45. The second-order valence-electron chi connectivity index (χ2n) is 2.73. The quantitative estimate of drug-likeness (QED) is 0.555. The minimum atomic E-state index is 0.778. The van der Waals surface area contributed by atoms with Crippen LogP contribution in [-0.4, -0.2) is 15.6 Å². The highest BCUT2D eigenvalue weighted by molar-refractivity contribution is 5.95. The Labute approximate surface area is 70.6 Å². The van der Waals surface area contributed by atoms with E-state index in [9.17, 15) is 0 Å². The second-order valence-corrected chi connectivity index (χ2v) is 2.73. The van der Waals surface area contributed by atoms with Crippen LogP contribution >= 0.6 is 0 Å². The highest BCUT2D eigenvalue weighted by Gasteiger charge is 2.07. The van der Waals surface area contributed by atoms with Crippen molar-refractivity contribution in [3.05, 3.63) is 29.7 Å². The van der Waals surface area contributed by atoms with Crippen LogP contribution in [0.25, 0.3) is 0 Å². The fourth-order valence-electron chi connectivity index (χ4n) is 1.20. The van der Waals surface area contributed by atoms with Gasteiger partial charge in [-0.2, -0.15) is 10.5 Å². The molecule has 1 aliphatic rings. The first-order chi connectivity index (χ1) is 5.77. The van der Waals surface area contributed by atoms with E-state index in [1.54, 1.807) is 10.9 Å². The molecule has 0 amide bonds. The number of allylic oxidation sites excluding steroid dienone is 1. The molecule has 0 aromatic carbocycles. The first-order valence-electron chi connectivity index (χ1n) is 3.75. The van der Waals surface area contributed by atoms with Crippen molar-refractivity contribution < 1.29 is 0 Å². The number of nitrogens with zero attached hydrogens (tertiary/aromatic N) is 4. The van der Waals surface area contributed by atoms with E-state index in [0.717, 1.165) is 17.2 Å². The monoisotopic (exact) mass is 161 g/mol. The van der Waals surface area contributed by atoms with Gasteiger partial charge in [-0.15, -0.1) is 5.10 Å². The maximum atomic E-state index is 4.27. The molecule has 0 atom stereocenters. The Morgan fingerprint density at radius 2 is 2.17 bits per heavy atom. The van der Waals surface area contributed by atoms with E-state index in [2.05, 4.69) is 15.6 Å². The third-order valence-electron chi connectivity index (χ3n) is 1.68. The van der Waals surface area contributed by atoms with Crippen molar-refractivity contribution >= 4 is 5.84 Å². The zero-order chi connectivity index (χ0) is 8.55. The van der Waals surface area contributed by atoms with Crippen LogP contribution in [-0.2, 0) is 0 Å². The van der Waals surface area contributed by atoms with E-state index in [-0.39, 0.29) is 0 Å². The summed E-state index contributed by atoms with van der Waals surface area (Å²) in [5.41, 5.74) is 5.81. The molecule has 61 valence electrons. The molecule has 2 heterocycles. The molecule has 2 rings (SSSR count). The molecule has 1 radical (unpaired) electrons. The molecule has 0 unspecified atom stereocenters. The Kier molecular flexibility index (Phi) is 1.46. The molecule has 0 saturated heterocycles. The second kappa shape index (κ2) is 2.48. The van der Waals surface area contributed by atoms with E-state index in [1.807, 2.05) is 26.0 Å². The van der Waals surface area contributed by atoms with Crippen molar-refractivity contribution in [1.82, 2.24) is 15.2 Å². The average Bonchev–Trinajstić information content (AvgIpc) is 2.58. The van der Waals surface area contributed by atoms with Gasteiger partial charge < -0.3 is 0 Å². The van der Waals surface area contributed by atoms with Crippen LogP contribution in [0.1, 0.15) is 11.4 Å². The predicted molar refractivity (Wildman–Crippen MR) is 45.8 cm³/mol. The summed E-state index contributed by atoms with van der Waals surface area (Å²) in [7, 11) is 0. The lowest BCUT2D eigenvalue weighted by Crippen LogP contribution is -2.11. The predicted octanol–water partition coefficient (Wildman–Crippen LogP) is 0.793. The van der Waals surface area contributed by atoms with Gasteiger partial charge in [0.25, 0.3) is 0 Å². The molecule has 0 saturated carbocycles. The molecule has 0 fully saturated rings. The summed E-state index contributed by atoms with van der Waals surface area (Å²) < 4.78 is 1.78. The largest absolute Gasteiger partial charge is 0.218 e. The summed E-state index contributed by atoms with van der Waals surface area (Å²) in [6.45, 7) is 3.95. The number of hydrogen-bond acceptors (Lipinski definition) is 2. The molecular weight excluding hydrogens is 152 g/mol. The number of rotatable bonds is 0. The van der Waals surface area contributed by atoms with E-state index in [0.29, 0.717) is 0 Å². The molecule has 12 heavy (non-hydrogen) atoms. The molecule has 1 aromatic heterocycles. The van der Waals surface area contributed by atoms with E-state index in [4.69, 9.17) is 0 Å². The first kappa shape index (κ1) is 7.09. The minimum Gasteiger partial charge on any atom is -0.218 e. The molecule has 4 nitrogen and oxygen atoms in total. The summed E-state index contributed by atoms with van der Waals surface area (Å²) in [6.07, 6.45) is 3.49. The van der Waals surface area contributed by atoms with Gasteiger partial charge in [0.05, 0.1) is 11.9 Å². The first-order valence-corrected chi connectivity index (χ1v) is 3.75. The van der Waals surface area contributed by atoms with Crippen molar-refractivity contribution in [1.29, 1.82) is 0 Å². The lowest BCUT2D eigenvalue weighted by atomic mass is 10.4. The van der Waals surface area contributed by atoms with Gasteiger partial charge in [0.2, 0.25) is 0 Å². The molecule has 0 N–H and O–H groups in total. The van der Waals surface area contributed by atoms with Crippen LogP contribution in [0.4, 0.5) is 0 Å². The van der Waals surface area contributed by atoms with Crippen LogP contribution in [0.2, 0.25) is 0 Å². The Morgan fingerprint density at radius 1 is 1.33 bits per heavy atom. The summed E-state index contributed by atoms with van der Waals surface area (Å²) >= 11 is 0. The van der Waals surface area contributed by atoms with Gasteiger partial charge in [-0.3, -0.25) is 0 Å². The van der Waals surface area contributed by atoms with Crippen LogP contribution in [0.5, 0.6) is 0 Å². The number of hydrogen-bond donors (Lipinski definition) is 0. The van der Waals surface area contributed by atoms with Gasteiger partial charge in [-0.25, -0.2) is 4.68 Å². The number of aryl methyl sites for hydroxylation is 2. The average molecular weight is 161 g/mol. The van der Waals surface area contributed by atoms with Gasteiger partial charge in [0, 0.05) is 11.8 Å². The maximum Gasteiger partial charge on any atom is 0.177 e. The highest BCUT2D eigenvalue weighted by Crippen LogP contribution is 2.04. The Morgan fingerprint density at radius 3 is 2.67 bits per heavy atom. The van der Waals surface area contributed by atoms with Gasteiger partial charge in [-0.1, -0.05) is 0 Å². The summed E-state index contributed by atoms with van der Waals surface area (Å²) in [4.78, 5) is 0. The smallest absolute Gasteiger partial charge is 0.177 e. The van der Waals surface area contributed by atoms with Crippen molar-refractivity contribution in [2.45, 2.75) is 13.8 Å². The van der Waals surface area contributed by atoms with Gasteiger partial charge in [0.1, 0.15) is 0 Å². The minimum absolute atomic E-state index is 0.778. The van der Waals surface area contributed by atoms with Crippen molar-refractivity contribution in [3.63, 3.8) is 0 Å². The molecule has 1 aromatic rings.